The fraction of sp³-hybridized carbons (Fsp3) is 0.467. The SMILES string of the molecule is CC(C)CNC(=O)NC(=O)CNc1cc([N+](=O)[O-])ccc1NCCO. The van der Waals surface area contributed by atoms with E-state index < -0.39 is 16.9 Å². The van der Waals surface area contributed by atoms with E-state index in [1.807, 2.05) is 13.8 Å². The number of anilines is 2. The lowest BCUT2D eigenvalue weighted by atomic mass is 10.2. The zero-order valence-corrected chi connectivity index (χ0v) is 14.2. The van der Waals surface area contributed by atoms with E-state index in [0.717, 1.165) is 0 Å². The summed E-state index contributed by atoms with van der Waals surface area (Å²) >= 11 is 0. The number of nitrogens with one attached hydrogen (secondary N) is 4. The molecule has 0 aliphatic rings. The number of nitro benzene ring substituents is 1. The Labute approximate surface area is 145 Å². The average molecular weight is 353 g/mol. The van der Waals surface area contributed by atoms with Crippen molar-refractivity contribution in [1.29, 1.82) is 0 Å². The molecule has 5 N–H and O–H groups in total. The van der Waals surface area contributed by atoms with Crippen molar-refractivity contribution in [2.75, 3.05) is 36.9 Å². The van der Waals surface area contributed by atoms with Crippen LogP contribution in [0.15, 0.2) is 18.2 Å². The van der Waals surface area contributed by atoms with Crippen LogP contribution in [0.5, 0.6) is 0 Å². The Bertz CT molecular complexity index is 620. The standard InChI is InChI=1S/C15H23N5O5/c1-10(2)8-18-15(23)19-14(22)9-17-13-7-11(20(24)25)3-4-12(13)16-5-6-21/h3-4,7,10,16-17,21H,5-6,8-9H2,1-2H3,(H2,18,19,22,23). The topological polar surface area (TPSA) is 146 Å². The van der Waals surface area contributed by atoms with Crippen LogP contribution in [-0.4, -0.2) is 48.2 Å². The van der Waals surface area contributed by atoms with Crippen molar-refractivity contribution >= 4 is 29.0 Å². The van der Waals surface area contributed by atoms with Gasteiger partial charge in [-0.15, -0.1) is 0 Å². The molecule has 138 valence electrons. The van der Waals surface area contributed by atoms with Gasteiger partial charge in [-0.25, -0.2) is 4.79 Å². The number of nitro groups is 1. The van der Waals surface area contributed by atoms with Crippen LogP contribution >= 0.6 is 0 Å². The molecule has 1 aromatic rings. The summed E-state index contributed by atoms with van der Waals surface area (Å²) in [5.74, 6) is -0.329. The summed E-state index contributed by atoms with van der Waals surface area (Å²) < 4.78 is 0. The van der Waals surface area contributed by atoms with Crippen molar-refractivity contribution in [3.8, 4) is 0 Å². The van der Waals surface area contributed by atoms with Gasteiger partial charge in [-0.3, -0.25) is 20.2 Å². The van der Waals surface area contributed by atoms with E-state index >= 15 is 0 Å². The van der Waals surface area contributed by atoms with Crippen LogP contribution in [-0.2, 0) is 4.79 Å². The number of non-ortho nitro benzene ring substituents is 1. The fourth-order valence-electron chi connectivity index (χ4n) is 1.82. The van der Waals surface area contributed by atoms with Gasteiger partial charge in [-0.05, 0) is 12.0 Å². The number of aliphatic hydroxyl groups excluding tert-OH is 1. The van der Waals surface area contributed by atoms with Gasteiger partial charge in [0.15, 0.2) is 0 Å². The van der Waals surface area contributed by atoms with Crippen LogP contribution in [0, 0.1) is 16.0 Å². The number of hydrogen-bond acceptors (Lipinski definition) is 7. The molecule has 0 atom stereocenters. The van der Waals surface area contributed by atoms with Crippen molar-refractivity contribution in [1.82, 2.24) is 10.6 Å². The minimum atomic E-state index is -0.599. The van der Waals surface area contributed by atoms with Gasteiger partial charge in [-0.1, -0.05) is 13.8 Å². The van der Waals surface area contributed by atoms with Crippen LogP contribution in [0.2, 0.25) is 0 Å². The second kappa shape index (κ2) is 10.1. The van der Waals surface area contributed by atoms with Crippen molar-refractivity contribution in [2.45, 2.75) is 13.8 Å². The van der Waals surface area contributed by atoms with E-state index in [4.69, 9.17) is 5.11 Å². The van der Waals surface area contributed by atoms with Gasteiger partial charge in [0, 0.05) is 25.2 Å². The normalized spacial score (nSPS) is 10.2. The van der Waals surface area contributed by atoms with E-state index in [2.05, 4.69) is 21.3 Å². The molecule has 1 rings (SSSR count). The first kappa shape index (κ1) is 20.2. The average Bonchev–Trinajstić information content (AvgIpc) is 2.56. The molecule has 0 aromatic heterocycles. The maximum Gasteiger partial charge on any atom is 0.321 e. The number of carbonyl (C=O) groups is 2. The number of urea groups is 1. The summed E-state index contributed by atoms with van der Waals surface area (Å²) in [6.45, 7) is 4.17. The van der Waals surface area contributed by atoms with Crippen LogP contribution in [0.3, 0.4) is 0 Å². The lowest BCUT2D eigenvalue weighted by Gasteiger charge is -2.13. The maximum absolute atomic E-state index is 11.8. The summed E-state index contributed by atoms with van der Waals surface area (Å²) in [6, 6.07) is 3.46. The molecule has 10 heteroatoms. The third kappa shape index (κ3) is 7.48. The minimum absolute atomic E-state index is 0.118. The molecule has 0 saturated carbocycles. The van der Waals surface area contributed by atoms with Gasteiger partial charge in [-0.2, -0.15) is 0 Å². The van der Waals surface area contributed by atoms with Crippen molar-refractivity contribution < 1.29 is 19.6 Å². The monoisotopic (exact) mass is 353 g/mol. The zero-order chi connectivity index (χ0) is 18.8. The number of aliphatic hydroxyl groups is 1. The first-order valence-electron chi connectivity index (χ1n) is 7.78. The Morgan fingerprint density at radius 1 is 1.24 bits per heavy atom. The van der Waals surface area contributed by atoms with Crippen LogP contribution in [0.4, 0.5) is 21.9 Å². The Morgan fingerprint density at radius 3 is 2.56 bits per heavy atom. The lowest BCUT2D eigenvalue weighted by Crippen LogP contribution is -2.43. The van der Waals surface area contributed by atoms with Gasteiger partial charge in [0.2, 0.25) is 5.91 Å². The fourth-order valence-corrected chi connectivity index (χ4v) is 1.82. The summed E-state index contributed by atoms with van der Waals surface area (Å²) in [5.41, 5.74) is 0.671. The Kier molecular flexibility index (Phi) is 8.13. The molecular weight excluding hydrogens is 330 g/mol. The summed E-state index contributed by atoms with van der Waals surface area (Å²) in [7, 11) is 0. The molecule has 0 unspecified atom stereocenters. The van der Waals surface area contributed by atoms with Gasteiger partial charge in [0.25, 0.3) is 5.69 Å². The minimum Gasteiger partial charge on any atom is -0.395 e. The maximum atomic E-state index is 11.8. The Hall–Kier alpha value is -2.88. The van der Waals surface area contributed by atoms with E-state index in [9.17, 15) is 19.7 Å². The second-order valence-electron chi connectivity index (χ2n) is 5.64. The molecule has 1 aromatic carbocycles. The third-order valence-electron chi connectivity index (χ3n) is 3.00. The predicted molar refractivity (Wildman–Crippen MR) is 93.5 cm³/mol. The quantitative estimate of drug-likeness (QED) is 0.327. The highest BCUT2D eigenvalue weighted by atomic mass is 16.6. The van der Waals surface area contributed by atoms with Gasteiger partial charge in [0.1, 0.15) is 0 Å². The third-order valence-corrected chi connectivity index (χ3v) is 3.00. The highest BCUT2D eigenvalue weighted by Gasteiger charge is 2.13. The van der Waals surface area contributed by atoms with Crippen molar-refractivity contribution in [3.63, 3.8) is 0 Å². The highest BCUT2D eigenvalue weighted by Crippen LogP contribution is 2.26. The number of carbonyl (C=O) groups excluding carboxylic acids is 2. The molecule has 0 bridgehead atoms. The molecule has 0 spiro atoms. The van der Waals surface area contributed by atoms with Gasteiger partial charge in [0.05, 0.1) is 29.4 Å². The first-order valence-corrected chi connectivity index (χ1v) is 7.78. The smallest absolute Gasteiger partial charge is 0.321 e. The summed E-state index contributed by atoms with van der Waals surface area (Å²) in [4.78, 5) is 33.6. The molecule has 0 saturated heterocycles. The van der Waals surface area contributed by atoms with Gasteiger partial charge >= 0.3 is 6.03 Å². The lowest BCUT2D eigenvalue weighted by molar-refractivity contribution is -0.384. The number of imide groups is 1. The van der Waals surface area contributed by atoms with Crippen LogP contribution < -0.4 is 21.3 Å². The Morgan fingerprint density at radius 2 is 1.96 bits per heavy atom. The van der Waals surface area contributed by atoms with Crippen molar-refractivity contribution in [3.05, 3.63) is 28.3 Å². The van der Waals surface area contributed by atoms with Crippen LogP contribution in [0.25, 0.3) is 0 Å². The van der Waals surface area contributed by atoms with E-state index in [0.29, 0.717) is 17.9 Å². The van der Waals surface area contributed by atoms with E-state index in [1.54, 1.807) is 0 Å². The summed E-state index contributed by atoms with van der Waals surface area (Å²) in [5, 5.41) is 30.1. The molecule has 25 heavy (non-hydrogen) atoms. The van der Waals surface area contributed by atoms with Crippen LogP contribution in [0.1, 0.15) is 13.8 Å². The molecule has 0 fully saturated rings. The number of amides is 3. The second-order valence-corrected chi connectivity index (χ2v) is 5.64. The van der Waals surface area contributed by atoms with E-state index in [-0.39, 0.29) is 31.3 Å². The van der Waals surface area contributed by atoms with Crippen molar-refractivity contribution in [2.24, 2.45) is 5.92 Å². The molecule has 0 aliphatic heterocycles. The molecular formula is C15H23N5O5. The van der Waals surface area contributed by atoms with Gasteiger partial charge < -0.3 is 21.1 Å². The molecule has 0 radical (unpaired) electrons. The zero-order valence-electron chi connectivity index (χ0n) is 14.2. The largest absolute Gasteiger partial charge is 0.395 e. The predicted octanol–water partition coefficient (Wildman–Crippen LogP) is 0.893. The molecule has 0 heterocycles. The number of nitrogens with zero attached hydrogens (tertiary/aromatic N) is 1. The molecule has 3 amide bonds. The number of rotatable bonds is 9. The highest BCUT2D eigenvalue weighted by molar-refractivity contribution is 5.96. The number of hydrogen-bond donors (Lipinski definition) is 5. The Balaban J connectivity index is 2.67. The molecule has 0 aliphatic carbocycles. The summed E-state index contributed by atoms with van der Waals surface area (Å²) in [6.07, 6.45) is 0. The molecule has 10 nitrogen and oxygen atoms in total. The first-order chi connectivity index (χ1) is 11.8. The number of benzene rings is 1. The van der Waals surface area contributed by atoms with E-state index in [1.165, 1.54) is 18.2 Å².